The summed E-state index contributed by atoms with van der Waals surface area (Å²) in [5, 5.41) is 11.3. The van der Waals surface area contributed by atoms with Crippen LogP contribution in [-0.2, 0) is 4.79 Å². The van der Waals surface area contributed by atoms with Crippen molar-refractivity contribution in [2.75, 3.05) is 12.4 Å². The van der Waals surface area contributed by atoms with E-state index in [9.17, 15) is 4.79 Å². The van der Waals surface area contributed by atoms with Crippen LogP contribution < -0.4 is 10.1 Å². The lowest BCUT2D eigenvalue weighted by atomic mass is 10.3. The van der Waals surface area contributed by atoms with E-state index < -0.39 is 5.91 Å². The number of hydrogen-bond acceptors (Lipinski definition) is 3. The van der Waals surface area contributed by atoms with Gasteiger partial charge in [-0.1, -0.05) is 11.6 Å². The van der Waals surface area contributed by atoms with Crippen molar-refractivity contribution < 1.29 is 9.53 Å². The first-order chi connectivity index (χ1) is 8.01. The molecule has 1 N–H and O–H groups in total. The van der Waals surface area contributed by atoms with Gasteiger partial charge in [0.2, 0.25) is 5.91 Å². The number of carbonyl (C=O) groups excluding carboxylic acids is 1. The van der Waals surface area contributed by atoms with Gasteiger partial charge in [0.1, 0.15) is 12.2 Å². The molecule has 0 aliphatic heterocycles. The van der Waals surface area contributed by atoms with Crippen molar-refractivity contribution in [2.45, 2.75) is 6.42 Å². The number of nitrogens with zero attached hydrogens (tertiary/aromatic N) is 1. The number of anilines is 1. The van der Waals surface area contributed by atoms with Crippen LogP contribution in [0.3, 0.4) is 0 Å². The molecule has 0 saturated heterocycles. The molecular formula is C10H7Br2ClN2O2. The fourth-order valence-corrected chi connectivity index (χ4v) is 3.17. The van der Waals surface area contributed by atoms with Crippen molar-refractivity contribution in [3.05, 3.63) is 20.0 Å². The van der Waals surface area contributed by atoms with Crippen LogP contribution in [0.2, 0.25) is 5.02 Å². The minimum absolute atomic E-state index is 0.235. The Labute approximate surface area is 120 Å². The molecule has 7 heteroatoms. The quantitative estimate of drug-likeness (QED) is 0.867. The van der Waals surface area contributed by atoms with Gasteiger partial charge in [-0.2, -0.15) is 5.26 Å². The number of methoxy groups -OCH3 is 1. The smallest absolute Gasteiger partial charge is 0.238 e. The number of nitriles is 1. The molecule has 0 unspecified atom stereocenters. The van der Waals surface area contributed by atoms with Crippen LogP contribution in [0.1, 0.15) is 6.42 Å². The van der Waals surface area contributed by atoms with Crippen molar-refractivity contribution >= 4 is 55.1 Å². The highest BCUT2D eigenvalue weighted by molar-refractivity contribution is 9.11. The molecule has 0 aromatic heterocycles. The molecule has 4 nitrogen and oxygen atoms in total. The summed E-state index contributed by atoms with van der Waals surface area (Å²) >= 11 is 12.6. The maximum absolute atomic E-state index is 11.3. The van der Waals surface area contributed by atoms with E-state index in [0.29, 0.717) is 25.4 Å². The number of rotatable bonds is 3. The van der Waals surface area contributed by atoms with Gasteiger partial charge in [-0.15, -0.1) is 0 Å². The Morgan fingerprint density at radius 3 is 2.82 bits per heavy atom. The summed E-state index contributed by atoms with van der Waals surface area (Å²) in [7, 11) is 1.50. The Bertz CT molecular complexity index is 500. The third-order valence-corrected chi connectivity index (χ3v) is 3.48. The maximum atomic E-state index is 11.3. The van der Waals surface area contributed by atoms with Crippen molar-refractivity contribution in [1.29, 1.82) is 5.26 Å². The molecule has 1 amide bonds. The molecule has 1 aromatic carbocycles. The fraction of sp³-hybridized carbons (Fsp3) is 0.200. The van der Waals surface area contributed by atoms with Gasteiger partial charge in [0, 0.05) is 0 Å². The highest BCUT2D eigenvalue weighted by atomic mass is 79.9. The number of amides is 1. The van der Waals surface area contributed by atoms with Crippen molar-refractivity contribution in [3.63, 3.8) is 0 Å². The maximum Gasteiger partial charge on any atom is 0.238 e. The lowest BCUT2D eigenvalue weighted by molar-refractivity contribution is -0.115. The third kappa shape index (κ3) is 3.35. The average molecular weight is 382 g/mol. The van der Waals surface area contributed by atoms with E-state index in [1.54, 1.807) is 12.1 Å². The van der Waals surface area contributed by atoms with Gasteiger partial charge < -0.3 is 10.1 Å². The van der Waals surface area contributed by atoms with E-state index in [4.69, 9.17) is 21.6 Å². The molecule has 0 bridgehead atoms. The van der Waals surface area contributed by atoms with E-state index in [1.165, 1.54) is 7.11 Å². The first-order valence-electron chi connectivity index (χ1n) is 4.39. The zero-order valence-electron chi connectivity index (χ0n) is 8.68. The van der Waals surface area contributed by atoms with Crippen LogP contribution in [0.15, 0.2) is 15.0 Å². The minimum Gasteiger partial charge on any atom is -0.494 e. The number of benzene rings is 1. The Hall–Kier alpha value is -0.770. The Kier molecular flexibility index (Phi) is 5.25. The molecule has 0 radical (unpaired) electrons. The molecule has 90 valence electrons. The molecule has 0 atom stereocenters. The first kappa shape index (κ1) is 14.3. The topological polar surface area (TPSA) is 62.1 Å². The molecule has 0 heterocycles. The van der Waals surface area contributed by atoms with Crippen LogP contribution in [-0.4, -0.2) is 13.0 Å². The summed E-state index contributed by atoms with van der Waals surface area (Å²) in [4.78, 5) is 11.3. The second-order valence-corrected chi connectivity index (χ2v) is 5.00. The molecule has 0 aliphatic rings. The zero-order chi connectivity index (χ0) is 13.0. The Balaban J connectivity index is 3.16. The van der Waals surface area contributed by atoms with Gasteiger partial charge in [-0.05, 0) is 37.9 Å². The van der Waals surface area contributed by atoms with Crippen LogP contribution in [0, 0.1) is 11.3 Å². The first-order valence-corrected chi connectivity index (χ1v) is 6.36. The molecular weight excluding hydrogens is 375 g/mol. The molecule has 1 aromatic rings. The largest absolute Gasteiger partial charge is 0.494 e. The Morgan fingerprint density at radius 1 is 1.65 bits per heavy atom. The van der Waals surface area contributed by atoms with E-state index in [0.717, 1.165) is 0 Å². The Morgan fingerprint density at radius 2 is 2.29 bits per heavy atom. The highest BCUT2D eigenvalue weighted by Crippen LogP contribution is 2.43. The predicted molar refractivity (Wildman–Crippen MR) is 72.3 cm³/mol. The summed E-state index contributed by atoms with van der Waals surface area (Å²) in [6.07, 6.45) is -0.235. The van der Waals surface area contributed by atoms with Gasteiger partial charge >= 0.3 is 0 Å². The molecule has 0 aliphatic carbocycles. The molecule has 1 rings (SSSR count). The summed E-state index contributed by atoms with van der Waals surface area (Å²) in [5.74, 6) is 0.0844. The summed E-state index contributed by atoms with van der Waals surface area (Å²) in [5.41, 5.74) is 0.381. The highest BCUT2D eigenvalue weighted by Gasteiger charge is 2.16. The third-order valence-electron chi connectivity index (χ3n) is 1.84. The van der Waals surface area contributed by atoms with Crippen LogP contribution in [0.4, 0.5) is 5.69 Å². The normalized spacial score (nSPS) is 9.59. The van der Waals surface area contributed by atoms with E-state index >= 15 is 0 Å². The number of carbonyl (C=O) groups is 1. The van der Waals surface area contributed by atoms with Crippen molar-refractivity contribution in [3.8, 4) is 11.8 Å². The van der Waals surface area contributed by atoms with Crippen LogP contribution >= 0.6 is 43.5 Å². The summed E-state index contributed by atoms with van der Waals surface area (Å²) in [6.45, 7) is 0. The number of ether oxygens (including phenoxy) is 1. The van der Waals surface area contributed by atoms with Gasteiger partial charge in [0.05, 0.1) is 32.8 Å². The van der Waals surface area contributed by atoms with E-state index in [2.05, 4.69) is 37.2 Å². The standard InChI is InChI=1S/C10H7Br2ClN2O2/c1-17-10-5(11)4-6(13)9(8(10)12)15-7(16)2-3-14/h4H,2H2,1H3,(H,15,16). The van der Waals surface area contributed by atoms with Gasteiger partial charge in [-0.25, -0.2) is 0 Å². The lowest BCUT2D eigenvalue weighted by Crippen LogP contribution is -2.11. The van der Waals surface area contributed by atoms with Crippen LogP contribution in [0.5, 0.6) is 5.75 Å². The molecule has 0 fully saturated rings. The molecule has 17 heavy (non-hydrogen) atoms. The molecule has 0 saturated carbocycles. The van der Waals surface area contributed by atoms with E-state index in [-0.39, 0.29) is 6.42 Å². The predicted octanol–water partition coefficient (Wildman–Crippen LogP) is 3.73. The fourth-order valence-electron chi connectivity index (χ4n) is 1.13. The number of hydrogen-bond donors (Lipinski definition) is 1. The SMILES string of the molecule is COc1c(Br)cc(Cl)c(NC(=O)CC#N)c1Br. The summed E-state index contributed by atoms with van der Waals surface area (Å²) in [6, 6.07) is 3.36. The summed E-state index contributed by atoms with van der Waals surface area (Å²) < 4.78 is 6.33. The average Bonchev–Trinajstić information content (AvgIpc) is 2.25. The monoisotopic (exact) mass is 380 g/mol. The van der Waals surface area contributed by atoms with Crippen molar-refractivity contribution in [1.82, 2.24) is 0 Å². The second kappa shape index (κ2) is 6.24. The van der Waals surface area contributed by atoms with Crippen molar-refractivity contribution in [2.24, 2.45) is 0 Å². The zero-order valence-corrected chi connectivity index (χ0v) is 12.6. The van der Waals surface area contributed by atoms with Gasteiger partial charge in [0.15, 0.2) is 0 Å². The number of nitrogens with one attached hydrogen (secondary N) is 1. The molecule has 0 spiro atoms. The van der Waals surface area contributed by atoms with E-state index in [1.807, 2.05) is 0 Å². The number of halogens is 3. The van der Waals surface area contributed by atoms with Crippen LogP contribution in [0.25, 0.3) is 0 Å². The second-order valence-electron chi connectivity index (χ2n) is 2.95. The lowest BCUT2D eigenvalue weighted by Gasteiger charge is -2.13. The minimum atomic E-state index is -0.431. The van der Waals surface area contributed by atoms with Gasteiger partial charge in [-0.3, -0.25) is 4.79 Å². The van der Waals surface area contributed by atoms with Gasteiger partial charge in [0.25, 0.3) is 0 Å².